The number of hydrogen-bond donors (Lipinski definition) is 1. The Hall–Kier alpha value is -6.32. The van der Waals surface area contributed by atoms with Crippen molar-refractivity contribution in [2.45, 2.75) is 101 Å². The minimum absolute atomic E-state index is 0.00401. The summed E-state index contributed by atoms with van der Waals surface area (Å²) in [6, 6.07) is 32.8. The lowest BCUT2D eigenvalue weighted by molar-refractivity contribution is -0.160. The molecule has 6 amide bonds. The number of piperidine rings is 3. The van der Waals surface area contributed by atoms with Crippen LogP contribution in [0.5, 0.6) is 11.5 Å². The molecule has 15 nitrogen and oxygen atoms in total. The first kappa shape index (κ1) is 52.1. The van der Waals surface area contributed by atoms with Gasteiger partial charge in [0.25, 0.3) is 0 Å². The molecule has 4 aromatic rings. The van der Waals surface area contributed by atoms with Crippen molar-refractivity contribution in [3.63, 3.8) is 0 Å². The Morgan fingerprint density at radius 3 is 1.81 bits per heavy atom. The molecule has 4 aromatic carbocycles. The van der Waals surface area contributed by atoms with Crippen LogP contribution in [0, 0.1) is 5.92 Å². The summed E-state index contributed by atoms with van der Waals surface area (Å²) in [5, 5.41) is 3.25. The third-order valence-corrected chi connectivity index (χ3v) is 18.2. The van der Waals surface area contributed by atoms with Gasteiger partial charge in [0.15, 0.2) is 0 Å². The zero-order chi connectivity index (χ0) is 52.5. The standard InChI is InChI=1S/C60H79N9O6/c1-7-64(8-2)50-24-22-49(23-25-50)61-56(72)67-41-34-59(55(71)68(43-62(59)3)37-30-44-12-26-51(74-5)27-13-44)53(42-67)60(48-20-18-47(19-21-48)46-16-17-46)63(4)58(32-39-66(40-33-58)57(73)65-35-10-9-11-36-65)54(70)69(60)38-31-45-14-28-52(75-6)29-15-45/h12-15,18-29,46,53H,7-11,16-17,30-43H2,1-6H3,(H,61,72). The maximum absolute atomic E-state index is 16.5. The van der Waals surface area contributed by atoms with E-state index in [2.05, 4.69) is 101 Å². The van der Waals surface area contributed by atoms with Gasteiger partial charge in [0.2, 0.25) is 11.8 Å². The number of nitrogens with one attached hydrogen (secondary N) is 1. The molecule has 1 aliphatic carbocycles. The number of urea groups is 2. The van der Waals surface area contributed by atoms with Crippen LogP contribution >= 0.6 is 0 Å². The monoisotopic (exact) mass is 1020 g/mol. The molecule has 10 rings (SSSR count). The smallest absolute Gasteiger partial charge is 0.321 e. The fourth-order valence-electron chi connectivity index (χ4n) is 13.6. The van der Waals surface area contributed by atoms with Crippen LogP contribution in [0.2, 0.25) is 0 Å². The normalized spacial score (nSPS) is 24.1. The molecule has 75 heavy (non-hydrogen) atoms. The predicted molar refractivity (Wildman–Crippen MR) is 293 cm³/mol. The van der Waals surface area contributed by atoms with Crippen LogP contribution in [0.4, 0.5) is 21.0 Å². The number of ether oxygens (including phenoxy) is 2. The number of rotatable bonds is 15. The Labute approximate surface area is 444 Å². The molecule has 15 heteroatoms. The maximum Gasteiger partial charge on any atom is 0.321 e. The van der Waals surface area contributed by atoms with E-state index in [0.29, 0.717) is 83.1 Å². The lowest BCUT2D eigenvalue weighted by atomic mass is 9.66. The zero-order valence-electron chi connectivity index (χ0n) is 45.3. The van der Waals surface area contributed by atoms with Crippen LogP contribution in [0.1, 0.15) is 93.4 Å². The van der Waals surface area contributed by atoms with Crippen molar-refractivity contribution in [2.75, 3.05) is 111 Å². The fourth-order valence-corrected chi connectivity index (χ4v) is 13.6. The molecule has 1 saturated carbocycles. The highest BCUT2D eigenvalue weighted by molar-refractivity contribution is 5.94. The van der Waals surface area contributed by atoms with Gasteiger partial charge in [-0.25, -0.2) is 9.59 Å². The molecule has 400 valence electrons. The van der Waals surface area contributed by atoms with Gasteiger partial charge in [0.05, 0.1) is 20.9 Å². The van der Waals surface area contributed by atoms with Crippen molar-refractivity contribution >= 4 is 35.3 Å². The summed E-state index contributed by atoms with van der Waals surface area (Å²) >= 11 is 0. The number of carbonyl (C=O) groups is 4. The van der Waals surface area contributed by atoms with Crippen LogP contribution < -0.4 is 19.7 Å². The topological polar surface area (TPSA) is 125 Å². The molecule has 0 aromatic heterocycles. The van der Waals surface area contributed by atoms with E-state index < -0.39 is 22.7 Å². The molecule has 3 unspecified atom stereocenters. The second-order valence-electron chi connectivity index (χ2n) is 21.9. The number of methoxy groups -OCH3 is 2. The minimum Gasteiger partial charge on any atom is -0.497 e. The van der Waals surface area contributed by atoms with E-state index in [1.54, 1.807) is 14.2 Å². The van der Waals surface area contributed by atoms with E-state index in [1.807, 2.05) is 68.1 Å². The third-order valence-electron chi connectivity index (χ3n) is 18.2. The van der Waals surface area contributed by atoms with E-state index in [4.69, 9.17) is 9.47 Å². The second kappa shape index (κ2) is 21.7. The van der Waals surface area contributed by atoms with Crippen LogP contribution in [-0.4, -0.2) is 170 Å². The van der Waals surface area contributed by atoms with Crippen molar-refractivity contribution in [1.29, 1.82) is 0 Å². The summed E-state index contributed by atoms with van der Waals surface area (Å²) in [6.07, 6.45) is 7.87. The molecule has 3 atom stereocenters. The minimum atomic E-state index is -1.23. The van der Waals surface area contributed by atoms with Crippen molar-refractivity contribution in [1.82, 2.24) is 34.3 Å². The number of likely N-dealkylation sites (N-methyl/N-ethyl adjacent to an activating group) is 2. The Kier molecular flexibility index (Phi) is 15.1. The first-order valence-electron chi connectivity index (χ1n) is 27.8. The van der Waals surface area contributed by atoms with Gasteiger partial charge in [-0.2, -0.15) is 0 Å². The van der Waals surface area contributed by atoms with Crippen LogP contribution in [0.3, 0.4) is 0 Å². The predicted octanol–water partition coefficient (Wildman–Crippen LogP) is 8.30. The summed E-state index contributed by atoms with van der Waals surface area (Å²) in [4.78, 5) is 78.6. The average Bonchev–Trinajstić information content (AvgIpc) is 4.27. The van der Waals surface area contributed by atoms with Gasteiger partial charge >= 0.3 is 12.1 Å². The summed E-state index contributed by atoms with van der Waals surface area (Å²) < 4.78 is 11.0. The first-order chi connectivity index (χ1) is 36.4. The van der Waals surface area contributed by atoms with Crippen molar-refractivity contribution < 1.29 is 28.7 Å². The Bertz CT molecular complexity index is 2650. The van der Waals surface area contributed by atoms with Gasteiger partial charge in [0, 0.05) is 82.7 Å². The maximum atomic E-state index is 16.5. The van der Waals surface area contributed by atoms with Gasteiger partial charge in [0.1, 0.15) is 28.2 Å². The Morgan fingerprint density at radius 2 is 1.24 bits per heavy atom. The molecule has 6 aliphatic rings. The van der Waals surface area contributed by atoms with E-state index >= 15 is 14.4 Å². The third kappa shape index (κ3) is 9.57. The van der Waals surface area contributed by atoms with Crippen LogP contribution in [0.25, 0.3) is 0 Å². The van der Waals surface area contributed by atoms with Crippen molar-refractivity contribution in [2.24, 2.45) is 5.92 Å². The number of carbonyl (C=O) groups excluding carboxylic acids is 4. The van der Waals surface area contributed by atoms with Gasteiger partial charge in [-0.1, -0.05) is 48.5 Å². The lowest BCUT2D eigenvalue weighted by Crippen LogP contribution is -2.73. The highest BCUT2D eigenvalue weighted by Crippen LogP contribution is 2.58. The van der Waals surface area contributed by atoms with Gasteiger partial charge in [-0.05, 0) is 169 Å². The van der Waals surface area contributed by atoms with Crippen molar-refractivity contribution in [3.05, 3.63) is 119 Å². The molecule has 0 bridgehead atoms. The fraction of sp³-hybridized carbons (Fsp3) is 0.533. The molecule has 5 aliphatic heterocycles. The number of amides is 6. The number of likely N-dealkylation sites (tertiary alicyclic amines) is 3. The number of benzene rings is 4. The number of anilines is 2. The second-order valence-corrected chi connectivity index (χ2v) is 21.9. The molecule has 1 N–H and O–H groups in total. The molecule has 5 saturated heterocycles. The summed E-state index contributed by atoms with van der Waals surface area (Å²) in [6.45, 7) is 10.2. The molecular weight excluding hydrogens is 943 g/mol. The highest BCUT2D eigenvalue weighted by atomic mass is 16.5. The zero-order valence-corrected chi connectivity index (χ0v) is 45.3. The molecule has 2 spiro atoms. The SMILES string of the molecule is CCN(CC)c1ccc(NC(=O)N2CCC3(C(=O)N(CCc4ccc(OC)cc4)CN3C)C(C3(c4ccc(C5CC5)cc4)N(CCc4ccc(OC)cc4)C(=O)C4(CCN(C(=O)N5CCCCC5)CC4)N3C)C2)cc1. The van der Waals surface area contributed by atoms with E-state index in [-0.39, 0.29) is 30.4 Å². The average molecular weight is 1020 g/mol. The summed E-state index contributed by atoms with van der Waals surface area (Å²) in [5.74, 6) is 1.42. The van der Waals surface area contributed by atoms with Gasteiger partial charge in [-0.3, -0.25) is 19.4 Å². The lowest BCUT2D eigenvalue weighted by Gasteiger charge is -2.59. The van der Waals surface area contributed by atoms with Crippen LogP contribution in [0.15, 0.2) is 97.1 Å². The molecular formula is C60H79N9O6. The quantitative estimate of drug-likeness (QED) is 0.125. The van der Waals surface area contributed by atoms with E-state index in [9.17, 15) is 4.79 Å². The Balaban J connectivity index is 1.09. The number of hydrogen-bond acceptors (Lipinski definition) is 9. The first-order valence-corrected chi connectivity index (χ1v) is 27.8. The van der Waals surface area contributed by atoms with Gasteiger partial charge in [-0.15, -0.1) is 0 Å². The van der Waals surface area contributed by atoms with Gasteiger partial charge < -0.3 is 44.2 Å². The van der Waals surface area contributed by atoms with E-state index in [0.717, 1.165) is 92.2 Å². The van der Waals surface area contributed by atoms with Crippen molar-refractivity contribution in [3.8, 4) is 11.5 Å². The summed E-state index contributed by atoms with van der Waals surface area (Å²) in [5.41, 5.74) is 2.77. The van der Waals surface area contributed by atoms with E-state index in [1.165, 1.54) is 5.56 Å². The molecule has 6 fully saturated rings. The number of nitrogens with zero attached hydrogens (tertiary/aromatic N) is 8. The molecule has 0 radical (unpaired) electrons. The van der Waals surface area contributed by atoms with Crippen LogP contribution in [-0.2, 0) is 28.1 Å². The summed E-state index contributed by atoms with van der Waals surface area (Å²) in [7, 11) is 7.49. The Morgan fingerprint density at radius 1 is 0.667 bits per heavy atom. The highest BCUT2D eigenvalue weighted by Gasteiger charge is 2.73. The molecule has 5 heterocycles. The largest absolute Gasteiger partial charge is 0.497 e.